The minimum Gasteiger partial charge on any atom is -0.500 e. The summed E-state index contributed by atoms with van der Waals surface area (Å²) in [7, 11) is 1.42. The summed E-state index contributed by atoms with van der Waals surface area (Å²) in [5, 5.41) is 20.5. The lowest BCUT2D eigenvalue weighted by Gasteiger charge is -2.38. The van der Waals surface area contributed by atoms with Crippen LogP contribution >= 0.6 is 0 Å². The molecule has 2 saturated heterocycles. The normalized spacial score (nSPS) is 23.2. The third-order valence-corrected chi connectivity index (χ3v) is 6.14. The van der Waals surface area contributed by atoms with E-state index < -0.39 is 81.6 Å². The van der Waals surface area contributed by atoms with E-state index in [-0.39, 0.29) is 6.42 Å². The van der Waals surface area contributed by atoms with Gasteiger partial charge in [0.15, 0.2) is 11.5 Å². The Morgan fingerprint density at radius 1 is 1.24 bits per heavy atom. The van der Waals surface area contributed by atoms with E-state index in [9.17, 15) is 38.0 Å². The van der Waals surface area contributed by atoms with Crippen molar-refractivity contribution in [3.8, 4) is 11.5 Å². The van der Waals surface area contributed by atoms with Gasteiger partial charge in [-0.2, -0.15) is 13.2 Å². The third-order valence-electron chi connectivity index (χ3n) is 6.14. The van der Waals surface area contributed by atoms with Crippen LogP contribution in [0.15, 0.2) is 21.9 Å². The van der Waals surface area contributed by atoms with Crippen LogP contribution in [-0.2, 0) is 18.9 Å². The van der Waals surface area contributed by atoms with Gasteiger partial charge in [0.2, 0.25) is 23.2 Å². The van der Waals surface area contributed by atoms with E-state index in [0.29, 0.717) is 26.1 Å². The zero-order valence-corrected chi connectivity index (χ0v) is 19.3. The first-order chi connectivity index (χ1) is 17.6. The molecule has 2 aromatic rings. The highest BCUT2D eigenvalue weighted by atomic mass is 19.2. The smallest absolute Gasteiger partial charge is 0.352 e. The zero-order chi connectivity index (χ0) is 26.9. The Labute approximate surface area is 205 Å². The molecule has 0 aliphatic carbocycles. The van der Waals surface area contributed by atoms with Crippen molar-refractivity contribution in [2.75, 3.05) is 26.9 Å². The summed E-state index contributed by atoms with van der Waals surface area (Å²) in [6.45, 7) is -0.0353. The molecule has 2 aliphatic rings. The third kappa shape index (κ3) is 5.18. The van der Waals surface area contributed by atoms with E-state index in [0.717, 1.165) is 10.6 Å². The van der Waals surface area contributed by atoms with Crippen molar-refractivity contribution in [1.29, 1.82) is 0 Å². The number of phenolic OH excluding ortho intramolecular Hbond substituents is 1. The van der Waals surface area contributed by atoms with E-state index in [1.165, 1.54) is 13.3 Å². The fourth-order valence-electron chi connectivity index (χ4n) is 4.20. The summed E-state index contributed by atoms with van der Waals surface area (Å²) >= 11 is 0. The summed E-state index contributed by atoms with van der Waals surface area (Å²) in [6, 6.07) is 1.09. The van der Waals surface area contributed by atoms with Gasteiger partial charge >= 0.3 is 11.4 Å². The molecule has 0 amide bonds. The molecule has 2 fully saturated rings. The number of nitro benzene ring substituents is 1. The maximum absolute atomic E-state index is 14.5. The lowest BCUT2D eigenvalue weighted by molar-refractivity contribution is -0.389. The first kappa shape index (κ1) is 26.6. The van der Waals surface area contributed by atoms with Gasteiger partial charge in [0.05, 0.1) is 24.2 Å². The Hall–Kier alpha value is -3.47. The van der Waals surface area contributed by atoms with Crippen molar-refractivity contribution >= 4 is 5.69 Å². The molecular weight excluding hydrogens is 511 g/mol. The average Bonchev–Trinajstić information content (AvgIpc) is 3.25. The van der Waals surface area contributed by atoms with Gasteiger partial charge in [-0.15, -0.1) is 0 Å². The van der Waals surface area contributed by atoms with Crippen LogP contribution in [0, 0.1) is 27.6 Å². The molecule has 2 aliphatic heterocycles. The molecule has 0 unspecified atom stereocenters. The fourth-order valence-corrected chi connectivity index (χ4v) is 4.20. The Bertz CT molecular complexity index is 1260. The van der Waals surface area contributed by atoms with Crippen LogP contribution in [0.25, 0.3) is 0 Å². The van der Waals surface area contributed by atoms with Crippen LogP contribution in [0.5, 0.6) is 11.5 Å². The quantitative estimate of drug-likeness (QED) is 0.220. The topological polar surface area (TPSA) is 164 Å². The standard InChI is InChI=1S/C21H22F3N3O10/c1-33-21(3-6-34-7-4-21)37-10-8-13(26-5-2-12(28)25-20(26)30)36-11(10)9-35-19-15(23)14(22)17(27(31)32)18(29)16(19)24/h2,5,10-11,13,29H,3-4,6-9H2,1H3,(H,25,28,30)/t10-,11+,13+/m0/s1. The van der Waals surface area contributed by atoms with Gasteiger partial charge in [-0.1, -0.05) is 0 Å². The number of ether oxygens (including phenoxy) is 5. The number of nitro groups is 1. The van der Waals surface area contributed by atoms with E-state index in [4.69, 9.17) is 23.7 Å². The monoisotopic (exact) mass is 533 g/mol. The van der Waals surface area contributed by atoms with Crippen molar-refractivity contribution in [3.05, 3.63) is 60.7 Å². The molecule has 3 atom stereocenters. The highest BCUT2D eigenvalue weighted by Crippen LogP contribution is 2.41. The largest absolute Gasteiger partial charge is 0.500 e. The average molecular weight is 533 g/mol. The summed E-state index contributed by atoms with van der Waals surface area (Å²) in [5.74, 6) is -10.3. The van der Waals surface area contributed by atoms with Gasteiger partial charge in [0, 0.05) is 38.6 Å². The van der Waals surface area contributed by atoms with E-state index >= 15 is 0 Å². The number of methoxy groups -OCH3 is 1. The predicted octanol–water partition coefficient (Wildman–Crippen LogP) is 1.47. The number of nitrogens with zero attached hydrogens (tertiary/aromatic N) is 2. The molecule has 1 aromatic carbocycles. The van der Waals surface area contributed by atoms with Gasteiger partial charge in [-0.05, 0) is 0 Å². The number of halogens is 3. The molecule has 202 valence electrons. The number of hydrogen-bond donors (Lipinski definition) is 2. The number of hydrogen-bond acceptors (Lipinski definition) is 10. The molecule has 0 saturated carbocycles. The highest BCUT2D eigenvalue weighted by molar-refractivity contribution is 5.53. The van der Waals surface area contributed by atoms with Crippen molar-refractivity contribution in [2.24, 2.45) is 0 Å². The second-order valence-electron chi connectivity index (χ2n) is 8.30. The number of aromatic amines is 1. The molecule has 0 bridgehead atoms. The van der Waals surface area contributed by atoms with Crippen LogP contribution in [-0.4, -0.2) is 64.5 Å². The molecule has 4 rings (SSSR count). The van der Waals surface area contributed by atoms with Gasteiger partial charge in [0.25, 0.3) is 5.56 Å². The summed E-state index contributed by atoms with van der Waals surface area (Å²) in [4.78, 5) is 35.2. The Morgan fingerprint density at radius 3 is 2.57 bits per heavy atom. The Kier molecular flexibility index (Phi) is 7.54. The number of benzene rings is 1. The second kappa shape index (κ2) is 10.5. The van der Waals surface area contributed by atoms with Gasteiger partial charge in [0.1, 0.15) is 18.9 Å². The maximum atomic E-state index is 14.5. The molecule has 0 radical (unpaired) electrons. The Balaban J connectivity index is 1.62. The number of aromatic hydroxyl groups is 1. The minimum atomic E-state index is -2.11. The van der Waals surface area contributed by atoms with Crippen LogP contribution in [0.2, 0.25) is 0 Å². The summed E-state index contributed by atoms with van der Waals surface area (Å²) in [5.41, 5.74) is -3.21. The fraction of sp³-hybridized carbons (Fsp3) is 0.524. The number of phenols is 1. The molecule has 2 N–H and O–H groups in total. The maximum Gasteiger partial charge on any atom is 0.352 e. The van der Waals surface area contributed by atoms with Crippen molar-refractivity contribution in [1.82, 2.24) is 9.55 Å². The SMILES string of the molecule is COC1(O[C@H]2C[C@H](n3ccc(=O)[nH]c3=O)O[C@@H]2COc2c(F)c(O)c([N+](=O)[O-])c(F)c2F)CCOCC1. The first-order valence-electron chi connectivity index (χ1n) is 11.0. The van der Waals surface area contributed by atoms with Crippen molar-refractivity contribution < 1.29 is 46.9 Å². The second-order valence-corrected chi connectivity index (χ2v) is 8.30. The van der Waals surface area contributed by atoms with Gasteiger partial charge < -0.3 is 28.8 Å². The van der Waals surface area contributed by atoms with E-state index in [1.807, 2.05) is 0 Å². The zero-order valence-electron chi connectivity index (χ0n) is 19.3. The molecule has 16 heteroatoms. The van der Waals surface area contributed by atoms with Crippen LogP contribution in [0.1, 0.15) is 25.5 Å². The molecule has 13 nitrogen and oxygen atoms in total. The van der Waals surface area contributed by atoms with Crippen LogP contribution < -0.4 is 16.0 Å². The lowest BCUT2D eigenvalue weighted by atomic mass is 10.1. The highest BCUT2D eigenvalue weighted by Gasteiger charge is 2.45. The number of aromatic nitrogens is 2. The first-order valence-corrected chi connectivity index (χ1v) is 11.0. The van der Waals surface area contributed by atoms with Gasteiger partial charge in [-0.3, -0.25) is 24.5 Å². The van der Waals surface area contributed by atoms with Crippen molar-refractivity contribution in [2.45, 2.75) is 43.5 Å². The molecule has 1 aromatic heterocycles. The predicted molar refractivity (Wildman–Crippen MR) is 115 cm³/mol. The summed E-state index contributed by atoms with van der Waals surface area (Å²) in [6.07, 6.45) is -1.16. The molecular formula is C21H22F3N3O10. The molecule has 0 spiro atoms. The number of H-pyrrole nitrogens is 1. The van der Waals surface area contributed by atoms with Gasteiger partial charge in [-0.25, -0.2) is 4.79 Å². The summed E-state index contributed by atoms with van der Waals surface area (Å²) < 4.78 is 72.1. The minimum absolute atomic E-state index is 0.0107. The molecule has 37 heavy (non-hydrogen) atoms. The van der Waals surface area contributed by atoms with Crippen molar-refractivity contribution in [3.63, 3.8) is 0 Å². The Morgan fingerprint density at radius 2 is 1.95 bits per heavy atom. The molecule has 3 heterocycles. The number of nitrogens with one attached hydrogen (secondary N) is 1. The van der Waals surface area contributed by atoms with E-state index in [2.05, 4.69) is 4.98 Å². The van der Waals surface area contributed by atoms with Crippen LogP contribution in [0.3, 0.4) is 0 Å². The number of rotatable bonds is 8. The lowest BCUT2D eigenvalue weighted by Crippen LogP contribution is -2.46. The van der Waals surface area contributed by atoms with Crippen LogP contribution in [0.4, 0.5) is 18.9 Å². The van der Waals surface area contributed by atoms with E-state index in [1.54, 1.807) is 0 Å².